The van der Waals surface area contributed by atoms with Gasteiger partial charge in [-0.15, -0.1) is 0 Å². The first kappa shape index (κ1) is 7.45. The zero-order chi connectivity index (χ0) is 4.41. The van der Waals surface area contributed by atoms with E-state index in [-0.39, 0.29) is 35.7 Å². The Hall–Kier alpha value is 0.450. The summed E-state index contributed by atoms with van der Waals surface area (Å²) in [6, 6.07) is 2.00. The van der Waals surface area contributed by atoms with E-state index in [0.29, 0.717) is 6.42 Å². The second-order valence-electron chi connectivity index (χ2n) is 1.32. The molecule has 3 heteroatoms. The van der Waals surface area contributed by atoms with Crippen LogP contribution in [-0.2, 0) is 4.74 Å². The SMILES string of the molecule is N#CCC1CO1.[Na]. The Morgan fingerprint density at radius 1 is 1.86 bits per heavy atom. The summed E-state index contributed by atoms with van der Waals surface area (Å²) in [5, 5.41) is 7.95. The smallest absolute Gasteiger partial charge is 0.0939 e. The van der Waals surface area contributed by atoms with E-state index >= 15 is 0 Å². The van der Waals surface area contributed by atoms with Gasteiger partial charge in [0.2, 0.25) is 0 Å². The van der Waals surface area contributed by atoms with Gasteiger partial charge in [-0.3, -0.25) is 0 Å². The Kier molecular flexibility index (Phi) is 3.67. The maximum atomic E-state index is 7.95. The molecule has 1 rings (SSSR count). The van der Waals surface area contributed by atoms with Gasteiger partial charge in [-0.05, 0) is 0 Å². The number of nitrogens with zero attached hydrogens (tertiary/aromatic N) is 1. The standard InChI is InChI=1S/C4H5NO.Na/c5-2-1-4-3-6-4;/h4H,1,3H2;. The minimum atomic E-state index is 0. The second kappa shape index (κ2) is 3.45. The Balaban J connectivity index is 0.000000360. The van der Waals surface area contributed by atoms with Gasteiger partial charge in [0, 0.05) is 29.6 Å². The molecule has 0 aliphatic carbocycles. The molecule has 1 radical (unpaired) electrons. The molecule has 0 bridgehead atoms. The van der Waals surface area contributed by atoms with E-state index in [1.165, 1.54) is 0 Å². The predicted molar refractivity (Wildman–Crippen MR) is 25.7 cm³/mol. The zero-order valence-corrected chi connectivity index (χ0v) is 6.35. The second-order valence-corrected chi connectivity index (χ2v) is 1.32. The molecular weight excluding hydrogens is 101 g/mol. The molecular formula is C4H5NNaO. The molecule has 2 nitrogen and oxygen atoms in total. The van der Waals surface area contributed by atoms with Crippen LogP contribution in [0.2, 0.25) is 0 Å². The molecule has 1 unspecified atom stereocenters. The van der Waals surface area contributed by atoms with E-state index in [1.807, 2.05) is 6.07 Å². The Morgan fingerprint density at radius 2 is 2.43 bits per heavy atom. The predicted octanol–water partition coefficient (Wildman–Crippen LogP) is -0.0819. The van der Waals surface area contributed by atoms with E-state index < -0.39 is 0 Å². The van der Waals surface area contributed by atoms with Crippen LogP contribution < -0.4 is 0 Å². The van der Waals surface area contributed by atoms with Crippen molar-refractivity contribution in [2.75, 3.05) is 6.61 Å². The van der Waals surface area contributed by atoms with Gasteiger partial charge in [-0.2, -0.15) is 5.26 Å². The number of epoxide rings is 1. The first-order valence-corrected chi connectivity index (χ1v) is 1.92. The minimum Gasteiger partial charge on any atom is -0.372 e. The summed E-state index contributed by atoms with van der Waals surface area (Å²) in [6.07, 6.45) is 0.856. The number of nitriles is 1. The summed E-state index contributed by atoms with van der Waals surface area (Å²) in [5.41, 5.74) is 0. The van der Waals surface area contributed by atoms with Gasteiger partial charge >= 0.3 is 0 Å². The van der Waals surface area contributed by atoms with Crippen molar-refractivity contribution in [2.24, 2.45) is 0 Å². The maximum absolute atomic E-state index is 7.95. The normalized spacial score (nSPS) is 24.7. The quantitative estimate of drug-likeness (QED) is 0.346. The number of ether oxygens (including phenoxy) is 1. The fourth-order valence-corrected chi connectivity index (χ4v) is 0.288. The van der Waals surface area contributed by atoms with Crippen molar-refractivity contribution in [1.82, 2.24) is 0 Å². The Bertz CT molecular complexity index is 84.2. The molecule has 0 saturated carbocycles. The third kappa shape index (κ3) is 3.07. The topological polar surface area (TPSA) is 36.3 Å². The Labute approximate surface area is 64.7 Å². The summed E-state index contributed by atoms with van der Waals surface area (Å²) >= 11 is 0. The number of hydrogen-bond donors (Lipinski definition) is 0. The van der Waals surface area contributed by atoms with Gasteiger partial charge in [0.1, 0.15) is 0 Å². The molecule has 7 heavy (non-hydrogen) atoms. The molecule has 1 aliphatic heterocycles. The van der Waals surface area contributed by atoms with E-state index in [4.69, 9.17) is 10.00 Å². The van der Waals surface area contributed by atoms with Crippen molar-refractivity contribution in [2.45, 2.75) is 12.5 Å². The van der Waals surface area contributed by atoms with E-state index in [2.05, 4.69) is 0 Å². The first-order chi connectivity index (χ1) is 2.93. The monoisotopic (exact) mass is 106 g/mol. The molecule has 0 aromatic rings. The molecule has 0 aromatic carbocycles. The minimum absolute atomic E-state index is 0. The van der Waals surface area contributed by atoms with Crippen molar-refractivity contribution < 1.29 is 4.74 Å². The van der Waals surface area contributed by atoms with Crippen molar-refractivity contribution in [1.29, 1.82) is 5.26 Å². The van der Waals surface area contributed by atoms with Crippen molar-refractivity contribution >= 4 is 29.6 Å². The van der Waals surface area contributed by atoms with Crippen LogP contribution in [0.25, 0.3) is 0 Å². The summed E-state index contributed by atoms with van der Waals surface area (Å²) in [5.74, 6) is 0. The van der Waals surface area contributed by atoms with Crippen molar-refractivity contribution in [3.05, 3.63) is 0 Å². The third-order valence-electron chi connectivity index (χ3n) is 0.721. The van der Waals surface area contributed by atoms with Gasteiger partial charge in [0.25, 0.3) is 0 Å². The summed E-state index contributed by atoms with van der Waals surface area (Å²) in [7, 11) is 0. The molecule has 0 aromatic heterocycles. The molecule has 0 spiro atoms. The fourth-order valence-electron chi connectivity index (χ4n) is 0.288. The molecule has 1 saturated heterocycles. The summed E-state index contributed by atoms with van der Waals surface area (Å²) in [4.78, 5) is 0. The van der Waals surface area contributed by atoms with Crippen LogP contribution in [0.3, 0.4) is 0 Å². The van der Waals surface area contributed by atoms with E-state index in [0.717, 1.165) is 6.61 Å². The average Bonchev–Trinajstić information content (AvgIpc) is 2.21. The van der Waals surface area contributed by atoms with E-state index in [1.54, 1.807) is 0 Å². The Morgan fingerprint density at radius 3 is 2.57 bits per heavy atom. The van der Waals surface area contributed by atoms with Crippen LogP contribution in [0.15, 0.2) is 0 Å². The fraction of sp³-hybridized carbons (Fsp3) is 0.750. The van der Waals surface area contributed by atoms with Crippen LogP contribution in [0, 0.1) is 11.3 Å². The van der Waals surface area contributed by atoms with E-state index in [9.17, 15) is 0 Å². The van der Waals surface area contributed by atoms with Crippen LogP contribution >= 0.6 is 0 Å². The summed E-state index contributed by atoms with van der Waals surface area (Å²) < 4.78 is 4.73. The van der Waals surface area contributed by atoms with Crippen molar-refractivity contribution in [3.63, 3.8) is 0 Å². The molecule has 1 heterocycles. The average molecular weight is 106 g/mol. The van der Waals surface area contributed by atoms with Crippen LogP contribution in [0.1, 0.15) is 6.42 Å². The van der Waals surface area contributed by atoms with Crippen LogP contribution in [0.4, 0.5) is 0 Å². The van der Waals surface area contributed by atoms with Gasteiger partial charge in [-0.25, -0.2) is 0 Å². The van der Waals surface area contributed by atoms with Gasteiger partial charge in [0.15, 0.2) is 0 Å². The zero-order valence-electron chi connectivity index (χ0n) is 4.35. The van der Waals surface area contributed by atoms with Gasteiger partial charge in [-0.1, -0.05) is 0 Å². The maximum Gasteiger partial charge on any atom is 0.0939 e. The first-order valence-electron chi connectivity index (χ1n) is 1.92. The molecule has 33 valence electrons. The molecule has 1 atom stereocenters. The van der Waals surface area contributed by atoms with Gasteiger partial charge in [0.05, 0.1) is 25.2 Å². The molecule has 0 amide bonds. The largest absolute Gasteiger partial charge is 0.372 e. The molecule has 0 N–H and O–H groups in total. The molecule has 1 aliphatic rings. The van der Waals surface area contributed by atoms with Crippen LogP contribution in [0.5, 0.6) is 0 Å². The summed E-state index contributed by atoms with van der Waals surface area (Å²) in [6.45, 7) is 0.799. The number of rotatable bonds is 1. The number of hydrogen-bond acceptors (Lipinski definition) is 2. The van der Waals surface area contributed by atoms with Crippen molar-refractivity contribution in [3.8, 4) is 6.07 Å². The molecule has 1 fully saturated rings. The van der Waals surface area contributed by atoms with Crippen LogP contribution in [-0.4, -0.2) is 42.3 Å². The van der Waals surface area contributed by atoms with Gasteiger partial charge < -0.3 is 4.74 Å². The third-order valence-corrected chi connectivity index (χ3v) is 0.721.